The summed E-state index contributed by atoms with van der Waals surface area (Å²) in [5.74, 6) is 0. The maximum absolute atomic E-state index is 9.30. The summed E-state index contributed by atoms with van der Waals surface area (Å²) in [5, 5.41) is 13.7. The molecule has 96 valence electrons. The number of allylic oxidation sites excluding steroid dienone is 2. The SMILES string of the molecule is Cn1ncc2c1CCC1=C2Cc2ccc(CO)cc21. The highest BCUT2D eigenvalue weighted by Gasteiger charge is 2.29. The number of aliphatic hydroxyl groups excluding tert-OH is 1. The molecule has 0 unspecified atom stereocenters. The summed E-state index contributed by atoms with van der Waals surface area (Å²) in [6.07, 6.45) is 5.16. The van der Waals surface area contributed by atoms with Gasteiger partial charge in [-0.05, 0) is 53.2 Å². The fourth-order valence-electron chi connectivity index (χ4n) is 3.41. The van der Waals surface area contributed by atoms with Crippen molar-refractivity contribution in [3.63, 3.8) is 0 Å². The van der Waals surface area contributed by atoms with Crippen LogP contribution in [0.15, 0.2) is 24.4 Å². The molecule has 0 spiro atoms. The molecule has 2 aromatic rings. The van der Waals surface area contributed by atoms with Gasteiger partial charge < -0.3 is 5.11 Å². The summed E-state index contributed by atoms with van der Waals surface area (Å²) >= 11 is 0. The minimum absolute atomic E-state index is 0.119. The van der Waals surface area contributed by atoms with E-state index in [-0.39, 0.29) is 6.61 Å². The molecule has 4 rings (SSSR count). The molecule has 1 heterocycles. The van der Waals surface area contributed by atoms with E-state index < -0.39 is 0 Å². The highest BCUT2D eigenvalue weighted by molar-refractivity contribution is 5.98. The highest BCUT2D eigenvalue weighted by Crippen LogP contribution is 2.45. The summed E-state index contributed by atoms with van der Waals surface area (Å²) in [4.78, 5) is 0. The Morgan fingerprint density at radius 1 is 1.21 bits per heavy atom. The maximum atomic E-state index is 9.30. The first-order valence-corrected chi connectivity index (χ1v) is 6.74. The van der Waals surface area contributed by atoms with E-state index in [1.54, 1.807) is 0 Å². The minimum Gasteiger partial charge on any atom is -0.392 e. The normalized spacial score (nSPS) is 16.3. The number of rotatable bonds is 1. The standard InChI is InChI=1S/C16H16N2O/c1-18-16-5-4-12-13-6-10(9-19)2-3-11(13)7-14(12)15(16)8-17-18/h2-3,6,8,19H,4-5,7,9H2,1H3. The first-order chi connectivity index (χ1) is 9.28. The van der Waals surface area contributed by atoms with E-state index in [1.807, 2.05) is 24.0 Å². The van der Waals surface area contributed by atoms with E-state index in [4.69, 9.17) is 0 Å². The Kier molecular flexibility index (Phi) is 2.21. The summed E-state index contributed by atoms with van der Waals surface area (Å²) < 4.78 is 2.00. The van der Waals surface area contributed by atoms with E-state index in [9.17, 15) is 5.11 Å². The van der Waals surface area contributed by atoms with Gasteiger partial charge in [0.25, 0.3) is 0 Å². The average Bonchev–Trinajstić information content (AvgIpc) is 2.99. The van der Waals surface area contributed by atoms with Crippen LogP contribution >= 0.6 is 0 Å². The van der Waals surface area contributed by atoms with Crippen molar-refractivity contribution in [2.45, 2.75) is 25.9 Å². The zero-order valence-electron chi connectivity index (χ0n) is 11.0. The van der Waals surface area contributed by atoms with Crippen molar-refractivity contribution >= 4 is 11.1 Å². The molecule has 2 aliphatic carbocycles. The second-order valence-corrected chi connectivity index (χ2v) is 5.41. The van der Waals surface area contributed by atoms with Crippen molar-refractivity contribution in [2.75, 3.05) is 0 Å². The van der Waals surface area contributed by atoms with Gasteiger partial charge in [0, 0.05) is 18.3 Å². The Hall–Kier alpha value is -1.87. The smallest absolute Gasteiger partial charge is 0.0682 e. The van der Waals surface area contributed by atoms with Gasteiger partial charge in [-0.25, -0.2) is 0 Å². The molecule has 0 bridgehead atoms. The topological polar surface area (TPSA) is 38.0 Å². The Balaban J connectivity index is 1.89. The van der Waals surface area contributed by atoms with Crippen LogP contribution in [0, 0.1) is 0 Å². The van der Waals surface area contributed by atoms with Gasteiger partial charge in [-0.1, -0.05) is 12.1 Å². The van der Waals surface area contributed by atoms with E-state index in [0.29, 0.717) is 0 Å². The molecule has 19 heavy (non-hydrogen) atoms. The highest BCUT2D eigenvalue weighted by atomic mass is 16.3. The van der Waals surface area contributed by atoms with E-state index >= 15 is 0 Å². The van der Waals surface area contributed by atoms with Crippen LogP contribution < -0.4 is 0 Å². The lowest BCUT2D eigenvalue weighted by Gasteiger charge is -2.16. The zero-order chi connectivity index (χ0) is 13.0. The number of nitrogens with zero attached hydrogens (tertiary/aromatic N) is 2. The van der Waals surface area contributed by atoms with E-state index in [0.717, 1.165) is 24.8 Å². The van der Waals surface area contributed by atoms with Gasteiger partial charge in [-0.15, -0.1) is 0 Å². The Bertz CT molecular complexity index is 710. The van der Waals surface area contributed by atoms with Crippen molar-refractivity contribution in [1.29, 1.82) is 0 Å². The van der Waals surface area contributed by atoms with Crippen molar-refractivity contribution in [2.24, 2.45) is 7.05 Å². The summed E-state index contributed by atoms with van der Waals surface area (Å²) in [6.45, 7) is 0.119. The van der Waals surface area contributed by atoms with Gasteiger partial charge in [-0.3, -0.25) is 4.68 Å². The predicted molar refractivity (Wildman–Crippen MR) is 74.4 cm³/mol. The Morgan fingerprint density at radius 3 is 2.95 bits per heavy atom. The monoisotopic (exact) mass is 252 g/mol. The number of benzene rings is 1. The van der Waals surface area contributed by atoms with Gasteiger partial charge in [0.2, 0.25) is 0 Å². The van der Waals surface area contributed by atoms with Crippen LogP contribution in [0.5, 0.6) is 0 Å². The molecule has 0 fully saturated rings. The molecule has 0 atom stereocenters. The molecule has 0 radical (unpaired) electrons. The van der Waals surface area contributed by atoms with Crippen LogP contribution in [0.25, 0.3) is 11.1 Å². The molecule has 2 aliphatic rings. The van der Waals surface area contributed by atoms with Crippen LogP contribution in [0.2, 0.25) is 0 Å². The summed E-state index contributed by atoms with van der Waals surface area (Å²) in [7, 11) is 2.02. The third kappa shape index (κ3) is 1.45. The van der Waals surface area contributed by atoms with Crippen LogP contribution in [0.3, 0.4) is 0 Å². The van der Waals surface area contributed by atoms with Crippen LogP contribution in [0.4, 0.5) is 0 Å². The second kappa shape index (κ2) is 3.81. The van der Waals surface area contributed by atoms with Crippen molar-refractivity contribution < 1.29 is 5.11 Å². The molecule has 3 heteroatoms. The van der Waals surface area contributed by atoms with Gasteiger partial charge in [-0.2, -0.15) is 5.10 Å². The largest absolute Gasteiger partial charge is 0.392 e. The summed E-state index contributed by atoms with van der Waals surface area (Å²) in [5.41, 5.74) is 9.32. The van der Waals surface area contributed by atoms with Gasteiger partial charge in [0.15, 0.2) is 0 Å². The minimum atomic E-state index is 0.119. The molecule has 3 nitrogen and oxygen atoms in total. The molecule has 0 aliphatic heterocycles. The lowest BCUT2D eigenvalue weighted by molar-refractivity contribution is 0.282. The Labute approximate surface area is 112 Å². The average molecular weight is 252 g/mol. The molecule has 1 aromatic carbocycles. The summed E-state index contributed by atoms with van der Waals surface area (Å²) in [6, 6.07) is 6.34. The molecular weight excluding hydrogens is 236 g/mol. The fraction of sp³-hybridized carbons (Fsp3) is 0.312. The van der Waals surface area contributed by atoms with Gasteiger partial charge >= 0.3 is 0 Å². The number of aryl methyl sites for hydroxylation is 1. The van der Waals surface area contributed by atoms with Crippen LogP contribution in [-0.2, 0) is 26.5 Å². The van der Waals surface area contributed by atoms with Gasteiger partial charge in [0.05, 0.1) is 12.8 Å². The first-order valence-electron chi connectivity index (χ1n) is 6.74. The van der Waals surface area contributed by atoms with E-state index in [2.05, 4.69) is 17.2 Å². The van der Waals surface area contributed by atoms with Gasteiger partial charge in [0.1, 0.15) is 0 Å². The van der Waals surface area contributed by atoms with Crippen molar-refractivity contribution in [3.05, 3.63) is 52.3 Å². The molecule has 1 aromatic heterocycles. The number of fused-ring (bicyclic) bond motifs is 4. The van der Waals surface area contributed by atoms with Crippen molar-refractivity contribution in [3.8, 4) is 0 Å². The molecule has 0 saturated heterocycles. The first kappa shape index (κ1) is 11.0. The molecule has 0 saturated carbocycles. The number of aliphatic hydroxyl groups is 1. The quantitative estimate of drug-likeness (QED) is 0.846. The predicted octanol–water partition coefficient (Wildman–Crippen LogP) is 2.33. The third-order valence-electron chi connectivity index (χ3n) is 4.41. The maximum Gasteiger partial charge on any atom is 0.0682 e. The third-order valence-corrected chi connectivity index (χ3v) is 4.41. The number of hydrogen-bond donors (Lipinski definition) is 1. The number of hydrogen-bond acceptors (Lipinski definition) is 2. The fourth-order valence-corrected chi connectivity index (χ4v) is 3.41. The lowest BCUT2D eigenvalue weighted by Crippen LogP contribution is -2.05. The zero-order valence-corrected chi connectivity index (χ0v) is 11.0. The lowest BCUT2D eigenvalue weighted by atomic mass is 9.90. The molecular formula is C16H16N2O. The Morgan fingerprint density at radius 2 is 2.11 bits per heavy atom. The van der Waals surface area contributed by atoms with Crippen molar-refractivity contribution in [1.82, 2.24) is 9.78 Å². The second-order valence-electron chi connectivity index (χ2n) is 5.41. The van der Waals surface area contributed by atoms with Crippen LogP contribution in [-0.4, -0.2) is 14.9 Å². The molecule has 0 amide bonds. The van der Waals surface area contributed by atoms with Crippen LogP contribution in [0.1, 0.15) is 34.4 Å². The molecule has 1 N–H and O–H groups in total. The number of aromatic nitrogens is 2. The van der Waals surface area contributed by atoms with E-state index in [1.165, 1.54) is 33.5 Å².